The van der Waals surface area contributed by atoms with Crippen molar-refractivity contribution >= 4 is 17.5 Å². The van der Waals surface area contributed by atoms with Gasteiger partial charge < -0.3 is 15.5 Å². The summed E-state index contributed by atoms with van der Waals surface area (Å²) in [4.78, 5) is 34.0. The third kappa shape index (κ3) is 3.74. The average Bonchev–Trinajstić information content (AvgIpc) is 2.61. The number of nitrogens with two attached hydrogens (primary N) is 1. The lowest BCUT2D eigenvalue weighted by molar-refractivity contribution is 0.0746. The Morgan fingerprint density at radius 3 is 2.42 bits per heavy atom. The fraction of sp³-hybridized carbons (Fsp3) is 0.500. The second-order valence-electron chi connectivity index (χ2n) is 6.88. The Balaban J connectivity index is 1.70. The highest BCUT2D eigenvalue weighted by atomic mass is 16.2. The molecule has 0 radical (unpaired) electrons. The number of amides is 1. The second kappa shape index (κ2) is 7.23. The zero-order valence-electron chi connectivity index (χ0n) is 15.7. The highest BCUT2D eigenvalue weighted by Gasteiger charge is 2.25. The molecule has 8 heteroatoms. The summed E-state index contributed by atoms with van der Waals surface area (Å²) < 4.78 is 0. The van der Waals surface area contributed by atoms with Gasteiger partial charge in [0, 0.05) is 50.1 Å². The molecular weight excluding hydrogens is 330 g/mol. The monoisotopic (exact) mass is 355 g/mol. The molecule has 8 nitrogen and oxygen atoms in total. The summed E-state index contributed by atoms with van der Waals surface area (Å²) in [6.07, 6.45) is 1.51. The number of piperazine rings is 1. The molecule has 2 aromatic heterocycles. The zero-order valence-corrected chi connectivity index (χ0v) is 15.7. The zero-order chi connectivity index (χ0) is 18.8. The summed E-state index contributed by atoms with van der Waals surface area (Å²) >= 11 is 0. The lowest BCUT2D eigenvalue weighted by Gasteiger charge is -2.35. The lowest BCUT2D eigenvalue weighted by atomic mass is 10.2. The predicted molar refractivity (Wildman–Crippen MR) is 100 cm³/mol. The minimum absolute atomic E-state index is 0.121. The fourth-order valence-electron chi connectivity index (χ4n) is 2.96. The number of hydrogen-bond donors (Lipinski definition) is 1. The molecule has 0 saturated carbocycles. The van der Waals surface area contributed by atoms with Gasteiger partial charge in [-0.1, -0.05) is 13.8 Å². The number of carbonyl (C=O) groups is 1. The van der Waals surface area contributed by atoms with Crippen molar-refractivity contribution in [3.05, 3.63) is 35.2 Å². The number of nitrogens with zero attached hydrogens (tertiary/aromatic N) is 6. The smallest absolute Gasteiger partial charge is 0.259 e. The van der Waals surface area contributed by atoms with Crippen molar-refractivity contribution in [1.29, 1.82) is 0 Å². The van der Waals surface area contributed by atoms with Crippen LogP contribution in [-0.4, -0.2) is 56.9 Å². The van der Waals surface area contributed by atoms with Gasteiger partial charge in [-0.3, -0.25) is 4.79 Å². The molecule has 0 aromatic carbocycles. The molecule has 2 aromatic rings. The summed E-state index contributed by atoms with van der Waals surface area (Å²) in [6, 6.07) is 2.00. The Labute approximate surface area is 153 Å². The first-order valence-electron chi connectivity index (χ1n) is 8.84. The Kier molecular flexibility index (Phi) is 5.01. The van der Waals surface area contributed by atoms with Gasteiger partial charge in [0.05, 0.1) is 0 Å². The van der Waals surface area contributed by atoms with Gasteiger partial charge in [-0.2, -0.15) is 0 Å². The fourth-order valence-corrected chi connectivity index (χ4v) is 2.96. The summed E-state index contributed by atoms with van der Waals surface area (Å²) in [6.45, 7) is 10.5. The largest absolute Gasteiger partial charge is 0.383 e. The molecule has 1 aliphatic rings. The van der Waals surface area contributed by atoms with Gasteiger partial charge in [0.1, 0.15) is 28.8 Å². The van der Waals surface area contributed by atoms with Crippen LogP contribution < -0.4 is 10.6 Å². The van der Waals surface area contributed by atoms with E-state index < -0.39 is 0 Å². The van der Waals surface area contributed by atoms with Gasteiger partial charge in [0.2, 0.25) is 0 Å². The third-order valence-electron chi connectivity index (χ3n) is 4.43. The van der Waals surface area contributed by atoms with Crippen molar-refractivity contribution in [2.24, 2.45) is 0 Å². The van der Waals surface area contributed by atoms with Crippen molar-refractivity contribution in [1.82, 2.24) is 24.8 Å². The number of carbonyl (C=O) groups excluding carboxylic acids is 1. The number of nitrogen functional groups attached to an aromatic ring is 1. The first kappa shape index (κ1) is 18.0. The van der Waals surface area contributed by atoms with Crippen LogP contribution >= 0.6 is 0 Å². The van der Waals surface area contributed by atoms with Crippen LogP contribution in [0.4, 0.5) is 11.6 Å². The molecule has 1 aliphatic heterocycles. The first-order valence-corrected chi connectivity index (χ1v) is 8.84. The average molecular weight is 355 g/mol. The van der Waals surface area contributed by atoms with Gasteiger partial charge in [-0.05, 0) is 13.8 Å². The number of aromatic nitrogens is 4. The highest BCUT2D eigenvalue weighted by Crippen LogP contribution is 2.20. The molecule has 0 aliphatic carbocycles. The van der Waals surface area contributed by atoms with E-state index in [1.165, 1.54) is 6.20 Å². The van der Waals surface area contributed by atoms with Gasteiger partial charge in [-0.15, -0.1) is 0 Å². The van der Waals surface area contributed by atoms with Crippen LogP contribution in [0.2, 0.25) is 0 Å². The van der Waals surface area contributed by atoms with Crippen LogP contribution in [0.1, 0.15) is 47.5 Å². The summed E-state index contributed by atoms with van der Waals surface area (Å²) in [5, 5.41) is 0. The maximum atomic E-state index is 12.7. The van der Waals surface area contributed by atoms with E-state index >= 15 is 0 Å². The van der Waals surface area contributed by atoms with E-state index in [4.69, 9.17) is 5.73 Å². The maximum absolute atomic E-state index is 12.7. The maximum Gasteiger partial charge on any atom is 0.259 e. The Hall–Kier alpha value is -2.77. The Morgan fingerprint density at radius 2 is 1.81 bits per heavy atom. The number of aryl methyl sites for hydroxylation is 2. The van der Waals surface area contributed by atoms with E-state index in [2.05, 4.69) is 38.7 Å². The number of rotatable bonds is 3. The molecule has 0 spiro atoms. The topological polar surface area (TPSA) is 101 Å². The number of hydrogen-bond acceptors (Lipinski definition) is 7. The minimum Gasteiger partial charge on any atom is -0.383 e. The van der Waals surface area contributed by atoms with Crippen LogP contribution in [0, 0.1) is 13.8 Å². The molecule has 3 heterocycles. The second-order valence-corrected chi connectivity index (χ2v) is 6.88. The molecule has 1 amide bonds. The molecule has 26 heavy (non-hydrogen) atoms. The molecule has 2 N–H and O–H groups in total. The minimum atomic E-state index is -0.121. The molecule has 0 unspecified atom stereocenters. The van der Waals surface area contributed by atoms with Crippen LogP contribution in [-0.2, 0) is 0 Å². The van der Waals surface area contributed by atoms with Gasteiger partial charge in [0.25, 0.3) is 5.91 Å². The molecule has 138 valence electrons. The van der Waals surface area contributed by atoms with E-state index in [9.17, 15) is 4.79 Å². The van der Waals surface area contributed by atoms with E-state index in [0.29, 0.717) is 37.6 Å². The van der Waals surface area contributed by atoms with Gasteiger partial charge >= 0.3 is 0 Å². The molecule has 1 fully saturated rings. The lowest BCUT2D eigenvalue weighted by Crippen LogP contribution is -2.49. The van der Waals surface area contributed by atoms with Crippen LogP contribution in [0.5, 0.6) is 0 Å². The Bertz CT molecular complexity index is 813. The molecule has 0 bridgehead atoms. The van der Waals surface area contributed by atoms with Gasteiger partial charge in [0.15, 0.2) is 0 Å². The first-order chi connectivity index (χ1) is 12.3. The molecule has 0 atom stereocenters. The van der Waals surface area contributed by atoms with E-state index in [1.54, 1.807) is 11.8 Å². The molecule has 1 saturated heterocycles. The van der Waals surface area contributed by atoms with Crippen molar-refractivity contribution in [3.8, 4) is 0 Å². The quantitative estimate of drug-likeness (QED) is 0.891. The van der Waals surface area contributed by atoms with E-state index in [0.717, 1.165) is 17.3 Å². The van der Waals surface area contributed by atoms with Crippen molar-refractivity contribution in [2.75, 3.05) is 36.8 Å². The van der Waals surface area contributed by atoms with Gasteiger partial charge in [-0.25, -0.2) is 19.9 Å². The molecule has 3 rings (SSSR count). The SMILES string of the molecule is Cc1cc(N2CCN(C(=O)c3cnc(C)nc3N)CC2)nc(C(C)C)n1. The van der Waals surface area contributed by atoms with Crippen LogP contribution in [0.15, 0.2) is 12.3 Å². The summed E-state index contributed by atoms with van der Waals surface area (Å²) in [7, 11) is 0. The normalized spacial score (nSPS) is 14.8. The Morgan fingerprint density at radius 1 is 1.12 bits per heavy atom. The van der Waals surface area contributed by atoms with E-state index in [1.807, 2.05) is 13.0 Å². The predicted octanol–water partition coefficient (Wildman–Crippen LogP) is 1.55. The van der Waals surface area contributed by atoms with E-state index in [-0.39, 0.29) is 17.6 Å². The van der Waals surface area contributed by atoms with Crippen molar-refractivity contribution in [2.45, 2.75) is 33.6 Å². The summed E-state index contributed by atoms with van der Waals surface area (Å²) in [5.41, 5.74) is 7.21. The van der Waals surface area contributed by atoms with Crippen LogP contribution in [0.25, 0.3) is 0 Å². The summed E-state index contributed by atoms with van der Waals surface area (Å²) in [5.74, 6) is 2.72. The van der Waals surface area contributed by atoms with Crippen LogP contribution in [0.3, 0.4) is 0 Å². The molecular formula is C18H25N7O. The third-order valence-corrected chi connectivity index (χ3v) is 4.43. The van der Waals surface area contributed by atoms with Crippen molar-refractivity contribution < 1.29 is 4.79 Å². The number of anilines is 2. The highest BCUT2D eigenvalue weighted by molar-refractivity contribution is 5.98. The standard InChI is InChI=1S/C18H25N7O/c1-11(2)17-21-12(3)9-15(23-17)24-5-7-25(8-6-24)18(26)14-10-20-13(4)22-16(14)19/h9-11H,5-8H2,1-4H3,(H2,19,20,22). The van der Waals surface area contributed by atoms with Crippen molar-refractivity contribution in [3.63, 3.8) is 0 Å².